The summed E-state index contributed by atoms with van der Waals surface area (Å²) >= 11 is 0. The number of amides is 2. The predicted molar refractivity (Wildman–Crippen MR) is 284 cm³/mol. The second kappa shape index (κ2) is 23.3. The summed E-state index contributed by atoms with van der Waals surface area (Å²) in [6.45, 7) is 1.48. The zero-order valence-electron chi connectivity index (χ0n) is 42.8. The van der Waals surface area contributed by atoms with Crippen molar-refractivity contribution in [2.24, 2.45) is 0 Å². The lowest BCUT2D eigenvalue weighted by Crippen LogP contribution is -2.38. The minimum absolute atomic E-state index is 0.0179. The van der Waals surface area contributed by atoms with E-state index in [0.717, 1.165) is 16.7 Å². The van der Waals surface area contributed by atoms with Crippen molar-refractivity contribution in [1.82, 2.24) is 29.1 Å². The summed E-state index contributed by atoms with van der Waals surface area (Å²) in [4.78, 5) is 57.4. The molecule has 2 aliphatic rings. The van der Waals surface area contributed by atoms with E-state index in [0.29, 0.717) is 33.8 Å². The minimum Gasteiger partial charge on any atom is -0.497 e. The number of aromatic nitrogens is 6. The van der Waals surface area contributed by atoms with Crippen molar-refractivity contribution in [3.8, 4) is 11.5 Å². The van der Waals surface area contributed by atoms with E-state index < -0.39 is 74.1 Å². The van der Waals surface area contributed by atoms with Gasteiger partial charge in [-0.25, -0.2) is 19.7 Å². The highest BCUT2D eigenvalue weighted by Crippen LogP contribution is 2.53. The topological polar surface area (TPSA) is 248 Å². The predicted octanol–water partition coefficient (Wildman–Crippen LogP) is 8.01. The molecule has 10 rings (SSSR count). The molecule has 0 bridgehead atoms. The van der Waals surface area contributed by atoms with E-state index in [1.165, 1.54) is 30.5 Å². The third-order valence-electron chi connectivity index (χ3n) is 13.5. The minimum atomic E-state index is -4.29. The lowest BCUT2D eigenvalue weighted by atomic mass is 9.80. The smallest absolute Gasteiger partial charge is 0.356 e. The monoisotopic (exact) mass is 1080 g/mol. The highest BCUT2D eigenvalue weighted by atomic mass is 31.2. The van der Waals surface area contributed by atoms with E-state index in [9.17, 15) is 24.1 Å². The number of benzene rings is 5. The fourth-order valence-corrected chi connectivity index (χ4v) is 10.7. The number of nitrogens with zero attached hydrogens (tertiary/aromatic N) is 6. The number of fused-ring (bicyclic) bond motifs is 1. The summed E-state index contributed by atoms with van der Waals surface area (Å²) in [7, 11) is 0.0838. The van der Waals surface area contributed by atoms with E-state index >= 15 is 0 Å². The zero-order chi connectivity index (χ0) is 54.4. The number of rotatable bonds is 20. The van der Waals surface area contributed by atoms with Crippen molar-refractivity contribution in [3.05, 3.63) is 202 Å². The molecule has 402 valence electrons. The Kier molecular flexibility index (Phi) is 16.0. The lowest BCUT2D eigenvalue weighted by molar-refractivity contribution is -0.168. The Morgan fingerprint density at radius 1 is 0.718 bits per heavy atom. The summed E-state index contributed by atoms with van der Waals surface area (Å²) in [5, 5.41) is 16.8. The van der Waals surface area contributed by atoms with Gasteiger partial charge in [0.15, 0.2) is 29.6 Å². The van der Waals surface area contributed by atoms with Crippen LogP contribution >= 0.6 is 7.60 Å². The van der Waals surface area contributed by atoms with Crippen molar-refractivity contribution < 1.29 is 56.7 Å². The Balaban J connectivity index is 0.923. The van der Waals surface area contributed by atoms with Crippen molar-refractivity contribution in [1.29, 1.82) is 0 Å². The maximum atomic E-state index is 14.9. The van der Waals surface area contributed by atoms with Crippen LogP contribution in [0.5, 0.6) is 11.5 Å². The standard InChI is InChI=1S/C56H55N8O13P/c1-35-30-63(55(68)62-49(35)60-52(66)36-14-8-5-9-15-36)47-29-44(45(75-47)31-74-56(38-18-12-7-13-19-38,39-20-24-41(70-2)25-21-39)40-22-26-42(71-3)27-23-40)77-78(69,72-4)34-73-54-43(65)28-46(76-54)64-33-59-48-50(57-32-58-51(48)64)61-53(67)37-16-10-6-11-17-37/h5-27,30,32-33,43-47,54,65H,28-29,31,34H2,1-4H3,(H,57,58,61,67)(H,60,62,66,68)/t43-,44+,45+,46+,47+,54-,78?/m0/s1. The molecule has 2 saturated heterocycles. The molecule has 2 amide bonds. The van der Waals surface area contributed by atoms with Crippen LogP contribution in [-0.2, 0) is 38.2 Å². The van der Waals surface area contributed by atoms with Gasteiger partial charge in [-0.05, 0) is 72.1 Å². The number of imidazole rings is 1. The maximum Gasteiger partial charge on any atom is 0.356 e. The van der Waals surface area contributed by atoms with Gasteiger partial charge < -0.3 is 53.2 Å². The lowest BCUT2D eigenvalue weighted by Gasteiger charge is -2.37. The Morgan fingerprint density at radius 3 is 1.87 bits per heavy atom. The van der Waals surface area contributed by atoms with Crippen LogP contribution in [0.15, 0.2) is 163 Å². The number of aliphatic hydroxyl groups excluding tert-OH is 1. The van der Waals surface area contributed by atoms with Gasteiger partial charge >= 0.3 is 13.3 Å². The third kappa shape index (κ3) is 11.2. The number of hydrogen-bond acceptors (Lipinski definition) is 17. The molecule has 5 heterocycles. The molecule has 2 aliphatic heterocycles. The normalized spacial score (nSPS) is 20.0. The van der Waals surface area contributed by atoms with Crippen molar-refractivity contribution in [2.75, 3.05) is 44.9 Å². The highest BCUT2D eigenvalue weighted by Gasteiger charge is 2.47. The number of carbonyl (C=O) groups is 2. The number of anilines is 2. The number of aryl methyl sites for hydroxylation is 1. The molecule has 3 aromatic heterocycles. The van der Waals surface area contributed by atoms with Gasteiger partial charge in [-0.15, -0.1) is 0 Å². The van der Waals surface area contributed by atoms with Gasteiger partial charge in [-0.3, -0.25) is 23.3 Å². The molecular formula is C56H55N8O13P. The molecule has 1 unspecified atom stereocenters. The number of nitrogens with one attached hydrogen (secondary N) is 2. The fraction of sp³-hybridized carbons (Fsp3) is 0.268. The van der Waals surface area contributed by atoms with Gasteiger partial charge in [0.1, 0.15) is 60.0 Å². The van der Waals surface area contributed by atoms with Crippen LogP contribution in [0.4, 0.5) is 11.6 Å². The number of methoxy groups -OCH3 is 2. The first-order valence-electron chi connectivity index (χ1n) is 24.8. The third-order valence-corrected chi connectivity index (χ3v) is 15.1. The van der Waals surface area contributed by atoms with Gasteiger partial charge in [0.25, 0.3) is 11.8 Å². The molecular weight excluding hydrogens is 1020 g/mol. The average Bonchev–Trinajstić information content (AvgIpc) is 4.29. The summed E-state index contributed by atoms with van der Waals surface area (Å²) in [5.74, 6) is 0.645. The molecule has 0 radical (unpaired) electrons. The first kappa shape index (κ1) is 53.4. The second-order valence-corrected chi connectivity index (χ2v) is 20.4. The number of aliphatic hydroxyl groups is 1. The Labute approximate surface area is 447 Å². The van der Waals surface area contributed by atoms with Crippen LogP contribution in [0.2, 0.25) is 0 Å². The zero-order valence-corrected chi connectivity index (χ0v) is 43.7. The van der Waals surface area contributed by atoms with Crippen LogP contribution in [-0.4, -0.2) is 105 Å². The van der Waals surface area contributed by atoms with Crippen molar-refractivity contribution in [2.45, 2.75) is 62.4 Å². The molecule has 2 fully saturated rings. The van der Waals surface area contributed by atoms with Gasteiger partial charge in [0, 0.05) is 42.8 Å². The highest BCUT2D eigenvalue weighted by molar-refractivity contribution is 7.53. The van der Waals surface area contributed by atoms with Crippen LogP contribution in [0.1, 0.15) is 68.3 Å². The fourth-order valence-electron chi connectivity index (χ4n) is 9.45. The molecule has 0 aliphatic carbocycles. The van der Waals surface area contributed by atoms with Crippen molar-refractivity contribution >= 4 is 42.2 Å². The maximum absolute atomic E-state index is 14.9. The molecule has 0 spiro atoms. The van der Waals surface area contributed by atoms with Crippen LogP contribution in [0, 0.1) is 6.92 Å². The first-order chi connectivity index (χ1) is 37.9. The Bertz CT molecular complexity index is 3440. The summed E-state index contributed by atoms with van der Waals surface area (Å²) in [6.07, 6.45) is -3.06. The van der Waals surface area contributed by atoms with Gasteiger partial charge in [0.2, 0.25) is 0 Å². The number of hydrogen-bond donors (Lipinski definition) is 3. The first-order valence-corrected chi connectivity index (χ1v) is 26.5. The summed E-state index contributed by atoms with van der Waals surface area (Å²) in [6, 6.07) is 41.7. The Morgan fingerprint density at radius 2 is 1.28 bits per heavy atom. The van der Waals surface area contributed by atoms with Crippen LogP contribution in [0.25, 0.3) is 11.2 Å². The van der Waals surface area contributed by atoms with E-state index in [-0.39, 0.29) is 36.6 Å². The molecule has 22 heteroatoms. The summed E-state index contributed by atoms with van der Waals surface area (Å²) < 4.78 is 67.0. The SMILES string of the molecule is COc1ccc(C(OC[C@H]2O[C@@H](n3cc(C)c(NC(=O)c4ccccc4)nc3=O)C[C@H]2OP(=O)(CO[C@H]2O[C@@H](n3cnc4c(NC(=O)c5ccccc5)ncnc43)C[C@@H]2O)OC)(c2ccccc2)c2ccc(OC)cc2)cc1. The van der Waals surface area contributed by atoms with E-state index in [1.807, 2.05) is 78.9 Å². The molecule has 78 heavy (non-hydrogen) atoms. The van der Waals surface area contributed by atoms with Crippen LogP contribution < -0.4 is 25.8 Å². The van der Waals surface area contributed by atoms with E-state index in [1.54, 1.807) is 86.4 Å². The molecule has 5 aromatic carbocycles. The molecule has 21 nitrogen and oxygen atoms in total. The molecule has 8 aromatic rings. The molecule has 3 N–H and O–H groups in total. The molecule has 7 atom stereocenters. The van der Waals surface area contributed by atoms with Crippen LogP contribution in [0.3, 0.4) is 0 Å². The van der Waals surface area contributed by atoms with Gasteiger partial charge in [0.05, 0.1) is 27.2 Å². The van der Waals surface area contributed by atoms with Gasteiger partial charge in [-0.1, -0.05) is 91.0 Å². The summed E-state index contributed by atoms with van der Waals surface area (Å²) in [5.41, 5.74) is 2.01. The number of ether oxygens (including phenoxy) is 6. The number of carbonyl (C=O) groups excluding carboxylic acids is 2. The van der Waals surface area contributed by atoms with Gasteiger partial charge in [-0.2, -0.15) is 4.98 Å². The van der Waals surface area contributed by atoms with E-state index in [2.05, 4.69) is 30.6 Å². The quantitative estimate of drug-likeness (QED) is 0.0483. The second-order valence-electron chi connectivity index (χ2n) is 18.3. The largest absolute Gasteiger partial charge is 0.497 e. The average molecular weight is 1080 g/mol. The Hall–Kier alpha value is -7.98. The van der Waals surface area contributed by atoms with Crippen molar-refractivity contribution in [3.63, 3.8) is 0 Å². The van der Waals surface area contributed by atoms with E-state index in [4.69, 9.17) is 37.5 Å². The molecule has 0 saturated carbocycles.